The summed E-state index contributed by atoms with van der Waals surface area (Å²) < 4.78 is 0. The zero-order valence-corrected chi connectivity index (χ0v) is 11.8. The van der Waals surface area contributed by atoms with Gasteiger partial charge in [0, 0.05) is 35.3 Å². The Bertz CT molecular complexity index is 459. The van der Waals surface area contributed by atoms with Gasteiger partial charge < -0.3 is 10.4 Å². The standard InChI is InChI=1S/C12H14N2O3S2/c15-11(14-6-9-7-18-3-4-19-9)10-2-1-8(5-13-10)12(16)17/h1-2,5,9H,3-4,6-7H2,(H,14,15)(H,16,17). The zero-order chi connectivity index (χ0) is 13.7. The second kappa shape index (κ2) is 6.81. The molecule has 1 aliphatic heterocycles. The molecule has 0 aliphatic carbocycles. The molecule has 1 aromatic rings. The minimum absolute atomic E-state index is 0.0794. The third-order valence-corrected chi connectivity index (χ3v) is 5.46. The Labute approximate surface area is 119 Å². The first-order valence-electron chi connectivity index (χ1n) is 5.83. The third kappa shape index (κ3) is 4.14. The van der Waals surface area contributed by atoms with Crippen LogP contribution in [0.4, 0.5) is 0 Å². The number of carbonyl (C=O) groups excluding carboxylic acids is 1. The predicted octanol–water partition coefficient (Wildman–Crippen LogP) is 1.36. The lowest BCUT2D eigenvalue weighted by Gasteiger charge is -2.20. The summed E-state index contributed by atoms with van der Waals surface area (Å²) in [7, 11) is 0. The molecule has 0 bridgehead atoms. The van der Waals surface area contributed by atoms with Gasteiger partial charge in [-0.15, -0.1) is 0 Å². The van der Waals surface area contributed by atoms with Crippen LogP contribution in [0.1, 0.15) is 20.8 Å². The summed E-state index contributed by atoms with van der Waals surface area (Å²) in [5.74, 6) is 2.05. The summed E-state index contributed by atoms with van der Waals surface area (Å²) in [5.41, 5.74) is 0.328. The first-order chi connectivity index (χ1) is 9.16. The highest BCUT2D eigenvalue weighted by Gasteiger charge is 2.16. The van der Waals surface area contributed by atoms with Crippen LogP contribution in [0.2, 0.25) is 0 Å². The average molecular weight is 298 g/mol. The van der Waals surface area contributed by atoms with E-state index >= 15 is 0 Å². The first-order valence-corrected chi connectivity index (χ1v) is 8.04. The smallest absolute Gasteiger partial charge is 0.337 e. The van der Waals surface area contributed by atoms with E-state index in [1.54, 1.807) is 0 Å². The lowest BCUT2D eigenvalue weighted by atomic mass is 10.2. The molecule has 2 N–H and O–H groups in total. The Morgan fingerprint density at radius 3 is 2.84 bits per heavy atom. The van der Waals surface area contributed by atoms with Gasteiger partial charge >= 0.3 is 5.97 Å². The molecule has 1 unspecified atom stereocenters. The maximum atomic E-state index is 11.8. The number of carboxylic acid groups (broad SMARTS) is 1. The van der Waals surface area contributed by atoms with E-state index in [1.807, 2.05) is 23.5 Å². The van der Waals surface area contributed by atoms with E-state index in [0.717, 1.165) is 11.5 Å². The molecule has 0 saturated carbocycles. The fourth-order valence-electron chi connectivity index (χ4n) is 1.61. The molecular formula is C12H14N2O3S2. The number of nitrogens with zero attached hydrogens (tertiary/aromatic N) is 1. The molecule has 1 atom stereocenters. The fraction of sp³-hybridized carbons (Fsp3) is 0.417. The summed E-state index contributed by atoms with van der Waals surface area (Å²) in [4.78, 5) is 26.4. The van der Waals surface area contributed by atoms with Crippen molar-refractivity contribution in [1.29, 1.82) is 0 Å². The molecule has 2 rings (SSSR count). The summed E-state index contributed by atoms with van der Waals surface area (Å²) >= 11 is 3.78. The molecule has 5 nitrogen and oxygen atoms in total. The zero-order valence-electron chi connectivity index (χ0n) is 10.2. The van der Waals surface area contributed by atoms with Gasteiger partial charge in [0.25, 0.3) is 5.91 Å². The van der Waals surface area contributed by atoms with E-state index in [9.17, 15) is 9.59 Å². The van der Waals surface area contributed by atoms with Crippen molar-refractivity contribution in [1.82, 2.24) is 10.3 Å². The largest absolute Gasteiger partial charge is 0.478 e. The Hall–Kier alpha value is -1.21. The number of rotatable bonds is 4. The van der Waals surface area contributed by atoms with Crippen molar-refractivity contribution in [2.75, 3.05) is 23.8 Å². The van der Waals surface area contributed by atoms with Gasteiger partial charge in [-0.1, -0.05) is 0 Å². The molecule has 7 heteroatoms. The van der Waals surface area contributed by atoms with Crippen LogP contribution in [0.5, 0.6) is 0 Å². The van der Waals surface area contributed by atoms with Crippen molar-refractivity contribution in [3.05, 3.63) is 29.6 Å². The second-order valence-electron chi connectivity index (χ2n) is 4.02. The molecule has 0 spiro atoms. The molecule has 0 radical (unpaired) electrons. The number of hydrogen-bond acceptors (Lipinski definition) is 5. The van der Waals surface area contributed by atoms with Crippen molar-refractivity contribution < 1.29 is 14.7 Å². The number of hydrogen-bond donors (Lipinski definition) is 2. The highest BCUT2D eigenvalue weighted by Crippen LogP contribution is 2.23. The van der Waals surface area contributed by atoms with Crippen LogP contribution >= 0.6 is 23.5 Å². The molecule has 0 aromatic carbocycles. The number of amides is 1. The third-order valence-electron chi connectivity index (χ3n) is 2.62. The highest BCUT2D eigenvalue weighted by atomic mass is 32.2. The summed E-state index contributed by atoms with van der Waals surface area (Å²) in [6.07, 6.45) is 1.20. The lowest BCUT2D eigenvalue weighted by molar-refractivity contribution is 0.0695. The van der Waals surface area contributed by atoms with Crippen LogP contribution in [0, 0.1) is 0 Å². The fourth-order valence-corrected chi connectivity index (χ4v) is 4.22. The Kier molecular flexibility index (Phi) is 5.09. The Morgan fingerprint density at radius 1 is 1.42 bits per heavy atom. The van der Waals surface area contributed by atoms with Crippen LogP contribution in [0.3, 0.4) is 0 Å². The Morgan fingerprint density at radius 2 is 2.26 bits per heavy atom. The van der Waals surface area contributed by atoms with E-state index in [-0.39, 0.29) is 17.2 Å². The van der Waals surface area contributed by atoms with Crippen molar-refractivity contribution >= 4 is 35.4 Å². The number of carbonyl (C=O) groups is 2. The summed E-state index contributed by atoms with van der Waals surface area (Å²) in [6.45, 7) is 0.624. The summed E-state index contributed by atoms with van der Waals surface area (Å²) in [5, 5.41) is 12.0. The quantitative estimate of drug-likeness (QED) is 0.874. The minimum Gasteiger partial charge on any atom is -0.478 e. The number of aromatic nitrogens is 1. The molecule has 1 saturated heterocycles. The molecule has 1 aromatic heterocycles. The van der Waals surface area contributed by atoms with Crippen LogP contribution in [-0.4, -0.2) is 51.0 Å². The molecule has 1 amide bonds. The average Bonchev–Trinajstić information content (AvgIpc) is 2.46. The van der Waals surface area contributed by atoms with E-state index in [4.69, 9.17) is 5.11 Å². The number of nitrogens with one attached hydrogen (secondary N) is 1. The molecular weight excluding hydrogens is 284 g/mol. The van der Waals surface area contributed by atoms with Crippen LogP contribution in [0.25, 0.3) is 0 Å². The van der Waals surface area contributed by atoms with Gasteiger partial charge in [0.2, 0.25) is 0 Å². The molecule has 102 valence electrons. The first kappa shape index (κ1) is 14.2. The second-order valence-corrected chi connectivity index (χ2v) is 6.57. The van der Waals surface area contributed by atoms with Crippen LogP contribution in [0.15, 0.2) is 18.3 Å². The monoisotopic (exact) mass is 298 g/mol. The minimum atomic E-state index is -1.05. The Balaban J connectivity index is 1.86. The lowest BCUT2D eigenvalue weighted by Crippen LogP contribution is -2.33. The van der Waals surface area contributed by atoms with Crippen molar-refractivity contribution in [3.63, 3.8) is 0 Å². The van der Waals surface area contributed by atoms with Gasteiger partial charge in [-0.3, -0.25) is 9.78 Å². The van der Waals surface area contributed by atoms with Gasteiger partial charge in [0.05, 0.1) is 5.56 Å². The SMILES string of the molecule is O=C(O)c1ccc(C(=O)NCC2CSCCS2)nc1. The van der Waals surface area contributed by atoms with Crippen molar-refractivity contribution in [3.8, 4) is 0 Å². The topological polar surface area (TPSA) is 79.3 Å². The number of thioether (sulfide) groups is 2. The van der Waals surface area contributed by atoms with Gasteiger partial charge in [-0.2, -0.15) is 23.5 Å². The van der Waals surface area contributed by atoms with Gasteiger partial charge in [0.15, 0.2) is 0 Å². The number of carboxylic acids is 1. The van der Waals surface area contributed by atoms with Crippen molar-refractivity contribution in [2.45, 2.75) is 5.25 Å². The van der Waals surface area contributed by atoms with Crippen LogP contribution < -0.4 is 5.32 Å². The highest BCUT2D eigenvalue weighted by molar-refractivity contribution is 8.06. The molecule has 1 aliphatic rings. The molecule has 19 heavy (non-hydrogen) atoms. The van der Waals surface area contributed by atoms with E-state index in [2.05, 4.69) is 10.3 Å². The normalized spacial score (nSPS) is 18.8. The van der Waals surface area contributed by atoms with E-state index in [1.165, 1.54) is 24.1 Å². The van der Waals surface area contributed by atoms with Gasteiger partial charge in [0.1, 0.15) is 5.69 Å². The maximum Gasteiger partial charge on any atom is 0.337 e. The number of pyridine rings is 1. The summed E-state index contributed by atoms with van der Waals surface area (Å²) in [6, 6.07) is 2.82. The molecule has 1 fully saturated rings. The van der Waals surface area contributed by atoms with Gasteiger partial charge in [-0.25, -0.2) is 4.79 Å². The van der Waals surface area contributed by atoms with Crippen LogP contribution in [-0.2, 0) is 0 Å². The predicted molar refractivity (Wildman–Crippen MR) is 77.1 cm³/mol. The van der Waals surface area contributed by atoms with Crippen molar-refractivity contribution in [2.24, 2.45) is 0 Å². The van der Waals surface area contributed by atoms with E-state index in [0.29, 0.717) is 11.8 Å². The molecule has 2 heterocycles. The number of aromatic carboxylic acids is 1. The van der Waals surface area contributed by atoms with E-state index < -0.39 is 5.97 Å². The van der Waals surface area contributed by atoms with Gasteiger partial charge in [-0.05, 0) is 12.1 Å². The maximum absolute atomic E-state index is 11.8.